The molecule has 1 aromatic rings. The van der Waals surface area contributed by atoms with Crippen LogP contribution in [0.5, 0.6) is 0 Å². The quantitative estimate of drug-likeness (QED) is 0.288. The van der Waals surface area contributed by atoms with Crippen LogP contribution >= 0.6 is 22.6 Å². The molecule has 1 aromatic carbocycles. The van der Waals surface area contributed by atoms with Crippen LogP contribution in [0.1, 0.15) is 35.2 Å². The molecule has 0 bridgehead atoms. The summed E-state index contributed by atoms with van der Waals surface area (Å²) in [5.41, 5.74) is 0.992. The number of rotatable bonds is 8. The lowest BCUT2D eigenvalue weighted by atomic mass is 10.0. The molecule has 0 aliphatic heterocycles. The van der Waals surface area contributed by atoms with Crippen molar-refractivity contribution in [1.82, 2.24) is 0 Å². The zero-order valence-electron chi connectivity index (χ0n) is 12.5. The second-order valence-electron chi connectivity index (χ2n) is 4.87. The van der Waals surface area contributed by atoms with E-state index in [9.17, 15) is 18.4 Å². The van der Waals surface area contributed by atoms with E-state index < -0.39 is 17.9 Å². The number of aryl methyl sites for hydroxylation is 1. The molecule has 0 fully saturated rings. The van der Waals surface area contributed by atoms with E-state index in [4.69, 9.17) is 5.11 Å². The van der Waals surface area contributed by atoms with Crippen molar-refractivity contribution in [3.05, 3.63) is 45.0 Å². The fraction of sp³-hybridized carbons (Fsp3) is 0.375. The molecule has 23 heavy (non-hydrogen) atoms. The number of alkyl halides is 2. The highest BCUT2D eigenvalue weighted by Gasteiger charge is 2.36. The molecule has 0 aliphatic carbocycles. The Hall–Kier alpha value is -1.51. The van der Waals surface area contributed by atoms with Gasteiger partial charge in [-0.1, -0.05) is 12.1 Å². The Morgan fingerprint density at radius 2 is 2.04 bits per heavy atom. The van der Waals surface area contributed by atoms with Crippen molar-refractivity contribution in [1.29, 1.82) is 0 Å². The number of aromatic carboxylic acids is 1. The van der Waals surface area contributed by atoms with Crippen molar-refractivity contribution < 1.29 is 28.2 Å². The molecule has 0 atom stereocenters. The molecule has 0 aliphatic rings. The number of hydrogen-bond acceptors (Lipinski definition) is 3. The number of carbonyl (C=O) groups is 2. The Labute approximate surface area is 146 Å². The van der Waals surface area contributed by atoms with Crippen LogP contribution in [0.25, 0.3) is 0 Å². The number of methoxy groups -OCH3 is 1. The van der Waals surface area contributed by atoms with E-state index in [0.717, 1.165) is 16.2 Å². The van der Waals surface area contributed by atoms with Gasteiger partial charge in [-0.3, -0.25) is 0 Å². The number of allylic oxidation sites excluding steroid dienone is 1. The van der Waals surface area contributed by atoms with Crippen molar-refractivity contribution in [2.24, 2.45) is 0 Å². The van der Waals surface area contributed by atoms with Crippen molar-refractivity contribution in [3.8, 4) is 0 Å². The Morgan fingerprint density at radius 1 is 1.35 bits per heavy atom. The van der Waals surface area contributed by atoms with Crippen LogP contribution < -0.4 is 0 Å². The molecule has 0 saturated heterocycles. The maximum absolute atomic E-state index is 13.1. The van der Waals surface area contributed by atoms with Gasteiger partial charge in [0.2, 0.25) is 0 Å². The first-order valence-corrected chi connectivity index (χ1v) is 8.01. The number of halogens is 3. The van der Waals surface area contributed by atoms with Gasteiger partial charge in [0.15, 0.2) is 0 Å². The van der Waals surface area contributed by atoms with Gasteiger partial charge in [0.05, 0.1) is 12.7 Å². The Balaban J connectivity index is 2.47. The lowest BCUT2D eigenvalue weighted by Crippen LogP contribution is -2.27. The third kappa shape index (κ3) is 6.25. The summed E-state index contributed by atoms with van der Waals surface area (Å²) >= 11 is 2.05. The van der Waals surface area contributed by atoms with Crippen LogP contribution in [-0.2, 0) is 16.0 Å². The summed E-state index contributed by atoms with van der Waals surface area (Å²) < 4.78 is 31.1. The molecular weight excluding hydrogens is 421 g/mol. The van der Waals surface area contributed by atoms with Gasteiger partial charge in [-0.25, -0.2) is 9.59 Å². The largest absolute Gasteiger partial charge is 0.478 e. The number of carboxylic acids is 1. The van der Waals surface area contributed by atoms with Gasteiger partial charge in [0.1, 0.15) is 0 Å². The molecule has 1 N–H and O–H groups in total. The van der Waals surface area contributed by atoms with Crippen molar-refractivity contribution >= 4 is 34.5 Å². The van der Waals surface area contributed by atoms with Crippen LogP contribution in [0.15, 0.2) is 30.4 Å². The average molecular weight is 438 g/mol. The molecule has 0 unspecified atom stereocenters. The van der Waals surface area contributed by atoms with Gasteiger partial charge < -0.3 is 9.84 Å². The van der Waals surface area contributed by atoms with Crippen LogP contribution in [0.2, 0.25) is 0 Å². The first-order chi connectivity index (χ1) is 10.8. The Morgan fingerprint density at radius 3 is 2.65 bits per heavy atom. The number of carboxylic acid groups (broad SMARTS) is 1. The highest BCUT2D eigenvalue weighted by Crippen LogP contribution is 2.19. The lowest BCUT2D eigenvalue weighted by Gasteiger charge is -2.08. The zero-order chi connectivity index (χ0) is 17.5. The molecule has 0 saturated carbocycles. The van der Waals surface area contributed by atoms with Gasteiger partial charge >= 0.3 is 17.9 Å². The van der Waals surface area contributed by atoms with Crippen molar-refractivity contribution in [2.75, 3.05) is 7.11 Å². The Kier molecular flexibility index (Phi) is 7.60. The molecule has 0 spiro atoms. The van der Waals surface area contributed by atoms with Crippen LogP contribution in [-0.4, -0.2) is 30.1 Å². The van der Waals surface area contributed by atoms with E-state index in [1.165, 1.54) is 6.08 Å². The molecular formula is C16H17F2IO4. The third-order valence-corrected chi connectivity index (χ3v) is 3.82. The first-order valence-electron chi connectivity index (χ1n) is 6.93. The van der Waals surface area contributed by atoms with E-state index in [1.807, 2.05) is 28.7 Å². The minimum Gasteiger partial charge on any atom is -0.478 e. The van der Waals surface area contributed by atoms with Gasteiger partial charge in [0.25, 0.3) is 0 Å². The SMILES string of the molecule is COC(=O)C(F)(F)C=CCCCCc1ccc(I)cc1C(=O)O. The predicted molar refractivity (Wildman–Crippen MR) is 89.8 cm³/mol. The maximum Gasteiger partial charge on any atom is 0.381 e. The number of esters is 1. The zero-order valence-corrected chi connectivity index (χ0v) is 14.7. The van der Waals surface area contributed by atoms with E-state index in [0.29, 0.717) is 31.8 Å². The molecule has 0 aromatic heterocycles. The predicted octanol–water partition coefficient (Wildman–Crippen LogP) is 4.07. The highest BCUT2D eigenvalue weighted by atomic mass is 127. The molecule has 7 heteroatoms. The van der Waals surface area contributed by atoms with Crippen LogP contribution in [0, 0.1) is 3.57 Å². The van der Waals surface area contributed by atoms with E-state index in [-0.39, 0.29) is 5.56 Å². The number of carbonyl (C=O) groups excluding carboxylic acids is 1. The second kappa shape index (κ2) is 8.95. The van der Waals surface area contributed by atoms with Crippen LogP contribution in [0.4, 0.5) is 8.78 Å². The minimum atomic E-state index is -3.61. The topological polar surface area (TPSA) is 63.6 Å². The summed E-state index contributed by atoms with van der Waals surface area (Å²) in [6.45, 7) is 0. The number of hydrogen-bond donors (Lipinski definition) is 1. The van der Waals surface area contributed by atoms with E-state index >= 15 is 0 Å². The van der Waals surface area contributed by atoms with Gasteiger partial charge in [-0.2, -0.15) is 8.78 Å². The highest BCUT2D eigenvalue weighted by molar-refractivity contribution is 14.1. The molecule has 1 rings (SSSR count). The monoisotopic (exact) mass is 438 g/mol. The summed E-state index contributed by atoms with van der Waals surface area (Å²) in [6.07, 6.45) is 3.97. The summed E-state index contributed by atoms with van der Waals surface area (Å²) in [6, 6.07) is 5.21. The average Bonchev–Trinajstić information content (AvgIpc) is 2.50. The molecule has 0 radical (unpaired) electrons. The summed E-state index contributed by atoms with van der Waals surface area (Å²) in [5.74, 6) is -6.17. The first kappa shape index (κ1) is 19.5. The smallest absolute Gasteiger partial charge is 0.381 e. The molecule has 0 amide bonds. The lowest BCUT2D eigenvalue weighted by molar-refractivity contribution is -0.161. The third-order valence-electron chi connectivity index (χ3n) is 3.15. The molecule has 126 valence electrons. The standard InChI is InChI=1S/C16H17F2IO4/c1-23-15(22)16(17,18)9-5-3-2-4-6-11-7-8-12(19)10-13(11)14(20)21/h5,7-10H,2-4,6H2,1H3,(H,20,21). The maximum atomic E-state index is 13.1. The Bertz CT molecular complexity index is 600. The van der Waals surface area contributed by atoms with Gasteiger partial charge in [0, 0.05) is 3.57 Å². The molecule has 0 heterocycles. The summed E-state index contributed by atoms with van der Waals surface area (Å²) in [4.78, 5) is 22.0. The second-order valence-corrected chi connectivity index (χ2v) is 6.11. The molecule has 4 nitrogen and oxygen atoms in total. The minimum absolute atomic E-state index is 0.268. The fourth-order valence-corrected chi connectivity index (χ4v) is 2.47. The van der Waals surface area contributed by atoms with E-state index in [1.54, 1.807) is 12.1 Å². The number of unbranched alkanes of at least 4 members (excludes halogenated alkanes) is 2. The number of benzene rings is 1. The van der Waals surface area contributed by atoms with Gasteiger partial charge in [-0.05, 0) is 72.0 Å². The summed E-state index contributed by atoms with van der Waals surface area (Å²) in [5, 5.41) is 9.15. The van der Waals surface area contributed by atoms with Crippen LogP contribution in [0.3, 0.4) is 0 Å². The van der Waals surface area contributed by atoms with Crippen molar-refractivity contribution in [3.63, 3.8) is 0 Å². The fourth-order valence-electron chi connectivity index (χ4n) is 1.98. The van der Waals surface area contributed by atoms with Gasteiger partial charge in [-0.15, -0.1) is 0 Å². The normalized spacial score (nSPS) is 11.7. The number of ether oxygens (including phenoxy) is 1. The van der Waals surface area contributed by atoms with Crippen molar-refractivity contribution in [2.45, 2.75) is 31.6 Å². The summed E-state index contributed by atoms with van der Waals surface area (Å²) in [7, 11) is 0.908. The van der Waals surface area contributed by atoms with E-state index in [2.05, 4.69) is 4.74 Å².